The number of halogens is 1. The van der Waals surface area contributed by atoms with E-state index in [9.17, 15) is 4.79 Å². The highest BCUT2D eigenvalue weighted by Gasteiger charge is 2.07. The fraction of sp³-hybridized carbons (Fsp3) is 0.316. The molecule has 1 aromatic carbocycles. The molecule has 0 radical (unpaired) electrons. The Kier molecular flexibility index (Phi) is 6.95. The van der Waals surface area contributed by atoms with Gasteiger partial charge in [0.1, 0.15) is 17.3 Å². The van der Waals surface area contributed by atoms with Crippen molar-refractivity contribution in [1.82, 2.24) is 9.97 Å². The van der Waals surface area contributed by atoms with Crippen LogP contribution in [0.3, 0.4) is 0 Å². The van der Waals surface area contributed by atoms with Crippen LogP contribution in [0.2, 0.25) is 5.02 Å². The standard InChI is InChI=1S/C19H21ClN2O3/c1-4-24-16-7-8-18(17(20)10-16)25-19-12-21-15(11-22-19)6-5-13(2)9-14(3)23/h5-8,10-13H,4,9H2,1-3H3/b6-5+/t13-/m0/s1. The van der Waals surface area contributed by atoms with Gasteiger partial charge in [0.15, 0.2) is 0 Å². The van der Waals surface area contributed by atoms with E-state index in [0.717, 1.165) is 0 Å². The summed E-state index contributed by atoms with van der Waals surface area (Å²) in [5, 5.41) is 0.440. The van der Waals surface area contributed by atoms with E-state index in [-0.39, 0.29) is 11.7 Å². The molecule has 1 atom stereocenters. The Bertz CT molecular complexity index is 745. The molecule has 1 heterocycles. The highest BCUT2D eigenvalue weighted by atomic mass is 35.5. The van der Waals surface area contributed by atoms with Gasteiger partial charge in [0.2, 0.25) is 5.88 Å². The molecule has 0 amide bonds. The highest BCUT2D eigenvalue weighted by molar-refractivity contribution is 6.32. The predicted octanol–water partition coefficient (Wildman–Crippen LogP) is 4.95. The molecule has 0 aliphatic carbocycles. The van der Waals surface area contributed by atoms with Crippen molar-refractivity contribution in [3.8, 4) is 17.4 Å². The van der Waals surface area contributed by atoms with Gasteiger partial charge in [0, 0.05) is 12.5 Å². The van der Waals surface area contributed by atoms with E-state index >= 15 is 0 Å². The number of nitrogens with zero attached hydrogens (tertiary/aromatic N) is 2. The van der Waals surface area contributed by atoms with E-state index in [1.165, 1.54) is 6.20 Å². The van der Waals surface area contributed by atoms with Crippen molar-refractivity contribution in [3.05, 3.63) is 47.4 Å². The minimum absolute atomic E-state index is 0.165. The number of aromatic nitrogens is 2. The molecule has 0 saturated carbocycles. The molecule has 0 N–H and O–H groups in total. The van der Waals surface area contributed by atoms with Crippen LogP contribution in [-0.2, 0) is 4.79 Å². The Morgan fingerprint density at radius 2 is 2.12 bits per heavy atom. The van der Waals surface area contributed by atoms with Gasteiger partial charge in [-0.05, 0) is 38.0 Å². The Hall–Kier alpha value is -2.40. The van der Waals surface area contributed by atoms with Crippen molar-refractivity contribution in [3.63, 3.8) is 0 Å². The van der Waals surface area contributed by atoms with Crippen LogP contribution in [-0.4, -0.2) is 22.4 Å². The van der Waals surface area contributed by atoms with Crippen LogP contribution < -0.4 is 9.47 Å². The molecule has 0 unspecified atom stereocenters. The summed E-state index contributed by atoms with van der Waals surface area (Å²) in [6, 6.07) is 5.21. The molecule has 2 aromatic rings. The first-order chi connectivity index (χ1) is 12.0. The van der Waals surface area contributed by atoms with Gasteiger partial charge in [-0.25, -0.2) is 9.97 Å². The zero-order chi connectivity index (χ0) is 18.2. The van der Waals surface area contributed by atoms with Crippen LogP contribution in [0.1, 0.15) is 32.9 Å². The van der Waals surface area contributed by atoms with Crippen molar-refractivity contribution >= 4 is 23.5 Å². The van der Waals surface area contributed by atoms with E-state index in [4.69, 9.17) is 21.1 Å². The summed E-state index contributed by atoms with van der Waals surface area (Å²) in [6.07, 6.45) is 7.43. The van der Waals surface area contributed by atoms with Crippen molar-refractivity contribution in [2.45, 2.75) is 27.2 Å². The smallest absolute Gasteiger partial charge is 0.237 e. The molecule has 0 saturated heterocycles. The lowest BCUT2D eigenvalue weighted by Gasteiger charge is -2.08. The lowest BCUT2D eigenvalue weighted by Crippen LogP contribution is -1.98. The summed E-state index contributed by atoms with van der Waals surface area (Å²) in [6.45, 7) is 6.05. The monoisotopic (exact) mass is 360 g/mol. The largest absolute Gasteiger partial charge is 0.494 e. The summed E-state index contributed by atoms with van der Waals surface area (Å²) in [5.74, 6) is 1.85. The zero-order valence-electron chi connectivity index (χ0n) is 14.5. The maximum absolute atomic E-state index is 11.1. The van der Waals surface area contributed by atoms with E-state index < -0.39 is 0 Å². The van der Waals surface area contributed by atoms with Gasteiger partial charge in [-0.2, -0.15) is 0 Å². The highest BCUT2D eigenvalue weighted by Crippen LogP contribution is 2.31. The third kappa shape index (κ3) is 6.19. The summed E-state index contributed by atoms with van der Waals surface area (Å²) in [7, 11) is 0. The second kappa shape index (κ2) is 9.18. The summed E-state index contributed by atoms with van der Waals surface area (Å²) >= 11 is 6.18. The second-order valence-electron chi connectivity index (χ2n) is 5.65. The number of carbonyl (C=O) groups is 1. The number of benzene rings is 1. The van der Waals surface area contributed by atoms with Crippen molar-refractivity contribution < 1.29 is 14.3 Å². The fourth-order valence-corrected chi connectivity index (χ4v) is 2.39. The minimum Gasteiger partial charge on any atom is -0.494 e. The van der Waals surface area contributed by atoms with Gasteiger partial charge in [-0.15, -0.1) is 0 Å². The number of ketones is 1. The molecule has 0 aliphatic heterocycles. The Morgan fingerprint density at radius 1 is 1.32 bits per heavy atom. The van der Waals surface area contributed by atoms with Crippen molar-refractivity contribution in [2.75, 3.05) is 6.61 Å². The maximum atomic E-state index is 11.1. The molecule has 5 nitrogen and oxygen atoms in total. The molecule has 2 rings (SSSR count). The quantitative estimate of drug-likeness (QED) is 0.666. The minimum atomic E-state index is 0.165. The molecular formula is C19H21ClN2O3. The third-order valence-corrected chi connectivity index (χ3v) is 3.58. The topological polar surface area (TPSA) is 61.3 Å². The molecule has 0 aliphatic rings. The average Bonchev–Trinajstić information content (AvgIpc) is 2.56. The summed E-state index contributed by atoms with van der Waals surface area (Å²) in [5.41, 5.74) is 0.695. The van der Waals surface area contributed by atoms with Crippen LogP contribution in [0.15, 0.2) is 36.7 Å². The van der Waals surface area contributed by atoms with Gasteiger partial charge in [-0.1, -0.05) is 24.6 Å². The fourth-order valence-electron chi connectivity index (χ4n) is 2.18. The van der Waals surface area contributed by atoms with E-state index in [0.29, 0.717) is 41.1 Å². The van der Waals surface area contributed by atoms with E-state index in [2.05, 4.69) is 9.97 Å². The molecule has 6 heteroatoms. The molecule has 132 valence electrons. The number of hydrogen-bond acceptors (Lipinski definition) is 5. The van der Waals surface area contributed by atoms with E-state index in [1.807, 2.05) is 26.0 Å². The number of rotatable bonds is 8. The SMILES string of the molecule is CCOc1ccc(Oc2cnc(/C=C/[C@H](C)CC(C)=O)cn2)c(Cl)c1. The predicted molar refractivity (Wildman–Crippen MR) is 98.2 cm³/mol. The van der Waals surface area contributed by atoms with Gasteiger partial charge in [0.25, 0.3) is 0 Å². The number of carbonyl (C=O) groups excluding carboxylic acids is 1. The van der Waals surface area contributed by atoms with Gasteiger partial charge < -0.3 is 14.3 Å². The molecule has 0 bridgehead atoms. The van der Waals surface area contributed by atoms with Crippen LogP contribution >= 0.6 is 11.6 Å². The Morgan fingerprint density at radius 3 is 2.72 bits per heavy atom. The van der Waals surface area contributed by atoms with Crippen LogP contribution in [0.5, 0.6) is 17.4 Å². The number of allylic oxidation sites excluding steroid dienone is 1. The number of hydrogen-bond donors (Lipinski definition) is 0. The molecular weight excluding hydrogens is 340 g/mol. The van der Waals surface area contributed by atoms with Crippen LogP contribution in [0.4, 0.5) is 0 Å². The Labute approximate surface area is 152 Å². The zero-order valence-corrected chi connectivity index (χ0v) is 15.3. The summed E-state index contributed by atoms with van der Waals surface area (Å²) < 4.78 is 11.0. The van der Waals surface area contributed by atoms with Crippen LogP contribution in [0, 0.1) is 5.92 Å². The van der Waals surface area contributed by atoms with Crippen molar-refractivity contribution in [1.29, 1.82) is 0 Å². The molecule has 1 aromatic heterocycles. The maximum Gasteiger partial charge on any atom is 0.237 e. The van der Waals surface area contributed by atoms with Crippen LogP contribution in [0.25, 0.3) is 6.08 Å². The first kappa shape index (κ1) is 18.9. The van der Waals surface area contributed by atoms with Gasteiger partial charge in [0.05, 0.1) is 29.7 Å². The third-order valence-electron chi connectivity index (χ3n) is 3.28. The van der Waals surface area contributed by atoms with Gasteiger partial charge >= 0.3 is 0 Å². The number of Topliss-reactive ketones (excluding diaryl/α,β-unsaturated/α-hetero) is 1. The summed E-state index contributed by atoms with van der Waals surface area (Å²) in [4.78, 5) is 19.6. The molecule has 0 spiro atoms. The normalized spacial score (nSPS) is 12.2. The second-order valence-corrected chi connectivity index (χ2v) is 6.06. The molecule has 25 heavy (non-hydrogen) atoms. The van der Waals surface area contributed by atoms with Gasteiger partial charge in [-0.3, -0.25) is 0 Å². The number of ether oxygens (including phenoxy) is 2. The first-order valence-corrected chi connectivity index (χ1v) is 8.45. The first-order valence-electron chi connectivity index (χ1n) is 8.07. The molecule has 0 fully saturated rings. The van der Waals surface area contributed by atoms with E-state index in [1.54, 1.807) is 31.3 Å². The lowest BCUT2D eigenvalue weighted by molar-refractivity contribution is -0.117. The Balaban J connectivity index is 2.00. The average molecular weight is 361 g/mol. The lowest BCUT2D eigenvalue weighted by atomic mass is 10.0. The van der Waals surface area contributed by atoms with Crippen molar-refractivity contribution in [2.24, 2.45) is 5.92 Å².